The van der Waals surface area contributed by atoms with Gasteiger partial charge in [-0.1, -0.05) is 72.6 Å². The molecule has 0 spiro atoms. The van der Waals surface area contributed by atoms with Crippen LogP contribution in [0.15, 0.2) is 24.5 Å². The predicted molar refractivity (Wildman–Crippen MR) is 138 cm³/mol. The van der Waals surface area contributed by atoms with Crippen molar-refractivity contribution in [1.29, 1.82) is 0 Å². The summed E-state index contributed by atoms with van der Waals surface area (Å²) in [4.78, 5) is 14.1. The summed E-state index contributed by atoms with van der Waals surface area (Å²) in [6.45, 7) is 21.0. The van der Waals surface area contributed by atoms with E-state index < -0.39 is 0 Å². The first-order valence-corrected chi connectivity index (χ1v) is 14.1. The maximum absolute atomic E-state index is 14.1. The molecule has 2 nitrogen and oxygen atoms in total. The van der Waals surface area contributed by atoms with Gasteiger partial charge >= 0.3 is 0 Å². The van der Waals surface area contributed by atoms with Crippen molar-refractivity contribution in [3.63, 3.8) is 0 Å². The van der Waals surface area contributed by atoms with E-state index in [9.17, 15) is 4.79 Å². The Balaban J connectivity index is 1.43. The van der Waals surface area contributed by atoms with Gasteiger partial charge in [-0.05, 0) is 85.4 Å². The number of allylic oxidation sites excluding steroid dienone is 2. The van der Waals surface area contributed by atoms with Crippen LogP contribution in [-0.2, 0) is 9.53 Å². The second kappa shape index (κ2) is 9.90. The fourth-order valence-electron chi connectivity index (χ4n) is 7.72. The van der Waals surface area contributed by atoms with Crippen molar-refractivity contribution < 1.29 is 9.53 Å². The molecule has 4 saturated carbocycles. The highest BCUT2D eigenvalue weighted by molar-refractivity contribution is 5.85. The highest BCUT2D eigenvalue weighted by atomic mass is 16.5. The van der Waals surface area contributed by atoms with Crippen LogP contribution >= 0.6 is 0 Å². The molecule has 4 aliphatic rings. The molecule has 0 amide bonds. The minimum absolute atomic E-state index is 0.0803. The minimum Gasteiger partial charge on any atom is -0.498 e. The van der Waals surface area contributed by atoms with Crippen molar-refractivity contribution >= 4 is 5.78 Å². The van der Waals surface area contributed by atoms with Gasteiger partial charge < -0.3 is 4.74 Å². The molecule has 0 aliphatic heterocycles. The third-order valence-electron chi connectivity index (χ3n) is 10.1. The van der Waals surface area contributed by atoms with Crippen molar-refractivity contribution in [1.82, 2.24) is 0 Å². The van der Waals surface area contributed by atoms with E-state index in [0.717, 1.165) is 42.8 Å². The van der Waals surface area contributed by atoms with Crippen molar-refractivity contribution in [2.75, 3.05) is 6.61 Å². The van der Waals surface area contributed by atoms with E-state index in [1.807, 2.05) is 0 Å². The fourth-order valence-corrected chi connectivity index (χ4v) is 7.72. The van der Waals surface area contributed by atoms with Crippen LogP contribution in [0.1, 0.15) is 98.8 Å². The van der Waals surface area contributed by atoms with Gasteiger partial charge in [0.2, 0.25) is 0 Å². The molecule has 0 heterocycles. The molecule has 4 fully saturated rings. The van der Waals surface area contributed by atoms with Crippen LogP contribution in [0.4, 0.5) is 0 Å². The largest absolute Gasteiger partial charge is 0.498 e. The quantitative estimate of drug-likeness (QED) is 0.219. The van der Waals surface area contributed by atoms with Crippen molar-refractivity contribution in [3.05, 3.63) is 24.5 Å². The summed E-state index contributed by atoms with van der Waals surface area (Å²) in [5.41, 5.74) is 1.91. The standard InChI is InChI=1S/C31H50O2/c1-19(2)18-33-21(4)15-27(30(32)26-17-28-29(22(26)5)31(28,6)7)25-10-8-9-24(16-25)20(3)11-12-23-13-14-23/h19,22-29H,3-4,8-18H2,1-2,5-7H3. The Morgan fingerprint density at radius 1 is 1.09 bits per heavy atom. The second-order valence-electron chi connectivity index (χ2n) is 13.4. The van der Waals surface area contributed by atoms with Gasteiger partial charge in [-0.2, -0.15) is 0 Å². The number of Topliss-reactive ketones (excluding diaryl/α,β-unsaturated/α-hetero) is 1. The van der Waals surface area contributed by atoms with E-state index in [0.29, 0.717) is 41.5 Å². The zero-order valence-corrected chi connectivity index (χ0v) is 22.2. The first kappa shape index (κ1) is 25.1. The van der Waals surface area contributed by atoms with Gasteiger partial charge in [0, 0.05) is 18.3 Å². The van der Waals surface area contributed by atoms with Gasteiger partial charge in [0.25, 0.3) is 0 Å². The molecule has 7 atom stereocenters. The van der Waals surface area contributed by atoms with Gasteiger partial charge in [0.1, 0.15) is 5.78 Å². The fraction of sp³-hybridized carbons (Fsp3) is 0.839. The number of rotatable bonds is 12. The number of ketones is 1. The molecular weight excluding hydrogens is 404 g/mol. The Hall–Kier alpha value is -1.05. The van der Waals surface area contributed by atoms with Crippen LogP contribution in [0.3, 0.4) is 0 Å². The van der Waals surface area contributed by atoms with Gasteiger partial charge in [-0.3, -0.25) is 4.79 Å². The molecule has 7 unspecified atom stereocenters. The van der Waals surface area contributed by atoms with E-state index in [1.54, 1.807) is 0 Å². The maximum Gasteiger partial charge on any atom is 0.140 e. The third-order valence-corrected chi connectivity index (χ3v) is 10.1. The van der Waals surface area contributed by atoms with E-state index in [-0.39, 0.29) is 11.8 Å². The highest BCUT2D eigenvalue weighted by Crippen LogP contribution is 2.71. The SMILES string of the molecule is C=C(CC(C(=O)C1CC2C(C1C)C2(C)C)C1CCCC(C(=C)CCC2CC2)C1)OCC(C)C. The molecule has 4 aliphatic carbocycles. The van der Waals surface area contributed by atoms with Crippen molar-refractivity contribution in [3.8, 4) is 0 Å². The first-order chi connectivity index (χ1) is 15.6. The average Bonchev–Trinajstić information content (AvgIpc) is 3.65. The minimum atomic E-state index is 0.0803. The normalized spacial score (nSPS) is 35.7. The summed E-state index contributed by atoms with van der Waals surface area (Å²) < 4.78 is 6.01. The molecule has 186 valence electrons. The molecule has 0 saturated heterocycles. The van der Waals surface area contributed by atoms with Crippen LogP contribution in [0.25, 0.3) is 0 Å². The molecule has 33 heavy (non-hydrogen) atoms. The monoisotopic (exact) mass is 454 g/mol. The first-order valence-electron chi connectivity index (χ1n) is 14.1. The van der Waals surface area contributed by atoms with Gasteiger partial charge in [-0.15, -0.1) is 0 Å². The summed E-state index contributed by atoms with van der Waals surface area (Å²) in [6.07, 6.45) is 12.0. The van der Waals surface area contributed by atoms with E-state index in [2.05, 4.69) is 47.8 Å². The maximum atomic E-state index is 14.1. The molecule has 0 aromatic heterocycles. The summed E-state index contributed by atoms with van der Waals surface area (Å²) in [5, 5.41) is 0. The Morgan fingerprint density at radius 2 is 1.82 bits per heavy atom. The van der Waals surface area contributed by atoms with Crippen molar-refractivity contribution in [2.45, 2.75) is 98.8 Å². The molecule has 0 radical (unpaired) electrons. The predicted octanol–water partition coefficient (Wildman–Crippen LogP) is 8.23. The van der Waals surface area contributed by atoms with Gasteiger partial charge in [0.05, 0.1) is 12.4 Å². The Morgan fingerprint density at radius 3 is 2.42 bits per heavy atom. The number of ether oxygens (including phenoxy) is 1. The number of fused-ring (bicyclic) bond motifs is 1. The average molecular weight is 455 g/mol. The summed E-state index contributed by atoms with van der Waals surface area (Å²) in [5.74, 6) is 6.23. The zero-order chi connectivity index (χ0) is 23.9. The lowest BCUT2D eigenvalue weighted by Gasteiger charge is -2.37. The van der Waals surface area contributed by atoms with Crippen LogP contribution in [0.2, 0.25) is 0 Å². The number of hydrogen-bond donors (Lipinski definition) is 0. The zero-order valence-electron chi connectivity index (χ0n) is 22.2. The van der Waals surface area contributed by atoms with E-state index in [1.165, 1.54) is 50.5 Å². The second-order valence-corrected chi connectivity index (χ2v) is 13.4. The molecule has 0 aromatic carbocycles. The highest BCUT2D eigenvalue weighted by Gasteiger charge is 2.66. The topological polar surface area (TPSA) is 26.3 Å². The molecule has 0 N–H and O–H groups in total. The molecule has 4 rings (SSSR count). The third kappa shape index (κ3) is 5.62. The lowest BCUT2D eigenvalue weighted by atomic mass is 9.67. The number of carbonyl (C=O) groups is 1. The van der Waals surface area contributed by atoms with Gasteiger partial charge in [0.15, 0.2) is 0 Å². The van der Waals surface area contributed by atoms with Crippen LogP contribution < -0.4 is 0 Å². The molecular formula is C31H50O2. The summed E-state index contributed by atoms with van der Waals surface area (Å²) >= 11 is 0. The molecule has 2 heteroatoms. The number of hydrogen-bond acceptors (Lipinski definition) is 2. The Kier molecular flexibility index (Phi) is 7.52. The van der Waals surface area contributed by atoms with Crippen LogP contribution in [0, 0.1) is 58.7 Å². The lowest BCUT2D eigenvalue weighted by Crippen LogP contribution is -2.36. The smallest absolute Gasteiger partial charge is 0.140 e. The van der Waals surface area contributed by atoms with Crippen LogP contribution in [0.5, 0.6) is 0 Å². The lowest BCUT2D eigenvalue weighted by molar-refractivity contribution is -0.131. The van der Waals surface area contributed by atoms with Crippen molar-refractivity contribution in [2.24, 2.45) is 58.7 Å². The van der Waals surface area contributed by atoms with E-state index in [4.69, 9.17) is 4.74 Å². The molecule has 0 bridgehead atoms. The summed E-state index contributed by atoms with van der Waals surface area (Å²) in [7, 11) is 0. The Labute approximate surface area is 204 Å². The summed E-state index contributed by atoms with van der Waals surface area (Å²) in [6, 6.07) is 0. The van der Waals surface area contributed by atoms with Crippen LogP contribution in [-0.4, -0.2) is 12.4 Å². The van der Waals surface area contributed by atoms with E-state index >= 15 is 0 Å². The Bertz CT molecular complexity index is 742. The number of carbonyl (C=O) groups excluding carboxylic acids is 1. The molecule has 0 aromatic rings. The van der Waals surface area contributed by atoms with Gasteiger partial charge in [-0.25, -0.2) is 0 Å².